The third kappa shape index (κ3) is 4.34. The average molecular weight is 467 g/mol. The van der Waals surface area contributed by atoms with Crippen molar-refractivity contribution in [2.24, 2.45) is 0 Å². The molecule has 0 radical (unpaired) electrons. The lowest BCUT2D eigenvalue weighted by Gasteiger charge is -2.15. The van der Waals surface area contributed by atoms with Gasteiger partial charge in [-0.05, 0) is 55.3 Å². The summed E-state index contributed by atoms with van der Waals surface area (Å²) in [5.74, 6) is -0.374. The zero-order valence-electron chi connectivity index (χ0n) is 15.5. The smallest absolute Gasteiger partial charge is 0.322 e. The summed E-state index contributed by atoms with van der Waals surface area (Å²) in [4.78, 5) is 12.6. The Morgan fingerprint density at radius 1 is 1.00 bits per heavy atom. The van der Waals surface area contributed by atoms with Crippen LogP contribution in [0.3, 0.4) is 0 Å². The summed E-state index contributed by atoms with van der Waals surface area (Å²) in [6, 6.07) is 10.4. The van der Waals surface area contributed by atoms with Crippen molar-refractivity contribution in [1.82, 2.24) is 14.5 Å². The molecule has 1 aliphatic rings. The minimum atomic E-state index is -3.54. The number of rotatable bonds is 5. The number of nitrogens with zero attached hydrogens (tertiary/aromatic N) is 3. The monoisotopic (exact) mass is 466 g/mol. The molecule has 1 N–H and O–H groups in total. The van der Waals surface area contributed by atoms with E-state index in [4.69, 9.17) is 27.6 Å². The Balaban J connectivity index is 1.47. The van der Waals surface area contributed by atoms with Crippen LogP contribution >= 0.6 is 23.2 Å². The van der Waals surface area contributed by atoms with Crippen LogP contribution in [0.5, 0.6) is 0 Å². The second-order valence-electron chi connectivity index (χ2n) is 6.66. The van der Waals surface area contributed by atoms with Crippen LogP contribution in [0.2, 0.25) is 10.0 Å². The number of hydrogen-bond donors (Lipinski definition) is 1. The number of carbonyl (C=O) groups excluding carboxylic acids is 1. The SMILES string of the molecule is O=C(Nc1nnc(-c2cc(Cl)cc(Cl)c2)o1)c1ccc(S(=O)(=O)N2CCCC2)cc1. The Labute approximate surface area is 182 Å². The molecule has 1 aromatic heterocycles. The number of aromatic nitrogens is 2. The van der Waals surface area contributed by atoms with Crippen molar-refractivity contribution in [3.05, 3.63) is 58.1 Å². The highest BCUT2D eigenvalue weighted by Crippen LogP contribution is 2.27. The van der Waals surface area contributed by atoms with Crippen LogP contribution in [0.1, 0.15) is 23.2 Å². The van der Waals surface area contributed by atoms with Crippen LogP contribution in [-0.2, 0) is 10.0 Å². The maximum atomic E-state index is 12.6. The number of sulfonamides is 1. The predicted molar refractivity (Wildman–Crippen MR) is 112 cm³/mol. The molecule has 2 aromatic carbocycles. The summed E-state index contributed by atoms with van der Waals surface area (Å²) in [7, 11) is -3.54. The van der Waals surface area contributed by atoms with Gasteiger partial charge in [0, 0.05) is 34.3 Å². The summed E-state index contributed by atoms with van der Waals surface area (Å²) in [5.41, 5.74) is 0.762. The summed E-state index contributed by atoms with van der Waals surface area (Å²) in [6.45, 7) is 1.03. The molecule has 0 spiro atoms. The molecule has 8 nitrogen and oxygen atoms in total. The van der Waals surface area contributed by atoms with Gasteiger partial charge in [-0.15, -0.1) is 5.10 Å². The molecule has 1 saturated heterocycles. The van der Waals surface area contributed by atoms with E-state index in [1.165, 1.54) is 28.6 Å². The molecule has 4 rings (SSSR count). The molecule has 0 atom stereocenters. The number of carbonyl (C=O) groups is 1. The van der Waals surface area contributed by atoms with E-state index in [9.17, 15) is 13.2 Å². The minimum Gasteiger partial charge on any atom is -0.403 e. The zero-order chi connectivity index (χ0) is 21.3. The molecule has 156 valence electrons. The molecule has 1 aliphatic heterocycles. The highest BCUT2D eigenvalue weighted by atomic mass is 35.5. The van der Waals surface area contributed by atoms with Crippen molar-refractivity contribution >= 4 is 45.1 Å². The van der Waals surface area contributed by atoms with E-state index < -0.39 is 15.9 Å². The Morgan fingerprint density at radius 2 is 1.63 bits per heavy atom. The quantitative estimate of drug-likeness (QED) is 0.606. The van der Waals surface area contributed by atoms with Gasteiger partial charge in [-0.25, -0.2) is 8.42 Å². The molecule has 0 saturated carbocycles. The van der Waals surface area contributed by atoms with Gasteiger partial charge in [0.15, 0.2) is 0 Å². The van der Waals surface area contributed by atoms with Crippen LogP contribution in [0, 0.1) is 0 Å². The highest BCUT2D eigenvalue weighted by Gasteiger charge is 2.27. The van der Waals surface area contributed by atoms with Gasteiger partial charge in [0.1, 0.15) is 0 Å². The minimum absolute atomic E-state index is 0.111. The van der Waals surface area contributed by atoms with Crippen LogP contribution in [0.15, 0.2) is 51.8 Å². The molecule has 0 bridgehead atoms. The fourth-order valence-corrected chi connectivity index (χ4v) is 5.14. The van der Waals surface area contributed by atoms with Crippen molar-refractivity contribution in [1.29, 1.82) is 0 Å². The van der Waals surface area contributed by atoms with E-state index in [0.717, 1.165) is 12.8 Å². The van der Waals surface area contributed by atoms with Crippen LogP contribution in [0.4, 0.5) is 6.01 Å². The first kappa shape index (κ1) is 20.8. The van der Waals surface area contributed by atoms with Crippen molar-refractivity contribution in [3.63, 3.8) is 0 Å². The van der Waals surface area contributed by atoms with Gasteiger partial charge in [0.2, 0.25) is 15.9 Å². The maximum Gasteiger partial charge on any atom is 0.322 e. The Kier molecular flexibility index (Phi) is 5.79. The third-order valence-electron chi connectivity index (χ3n) is 4.57. The van der Waals surface area contributed by atoms with Gasteiger partial charge in [0.05, 0.1) is 4.90 Å². The Morgan fingerprint density at radius 3 is 2.27 bits per heavy atom. The Bertz CT molecular complexity index is 1170. The lowest BCUT2D eigenvalue weighted by Crippen LogP contribution is -2.27. The van der Waals surface area contributed by atoms with E-state index in [-0.39, 0.29) is 22.4 Å². The zero-order valence-corrected chi connectivity index (χ0v) is 17.8. The van der Waals surface area contributed by atoms with Crippen LogP contribution < -0.4 is 5.32 Å². The fraction of sp³-hybridized carbons (Fsp3) is 0.211. The second-order valence-corrected chi connectivity index (χ2v) is 9.47. The van der Waals surface area contributed by atoms with E-state index in [1.807, 2.05) is 0 Å². The average Bonchev–Trinajstić information content (AvgIpc) is 3.40. The fourth-order valence-electron chi connectivity index (χ4n) is 3.09. The summed E-state index contributed by atoms with van der Waals surface area (Å²) >= 11 is 11.9. The molecular weight excluding hydrogens is 451 g/mol. The van der Waals surface area contributed by atoms with Crippen LogP contribution in [0.25, 0.3) is 11.5 Å². The molecule has 30 heavy (non-hydrogen) atoms. The van der Waals surface area contributed by atoms with Gasteiger partial charge >= 0.3 is 6.01 Å². The summed E-state index contributed by atoms with van der Waals surface area (Å²) in [6.07, 6.45) is 1.71. The van der Waals surface area contributed by atoms with Crippen LogP contribution in [-0.4, -0.2) is 41.9 Å². The van der Waals surface area contributed by atoms with Crippen molar-refractivity contribution in [3.8, 4) is 11.5 Å². The lowest BCUT2D eigenvalue weighted by atomic mass is 10.2. The molecule has 3 aromatic rings. The molecule has 0 unspecified atom stereocenters. The normalized spacial score (nSPS) is 14.7. The predicted octanol–water partition coefficient (Wildman–Crippen LogP) is 4.08. The number of nitrogens with one attached hydrogen (secondary N) is 1. The van der Waals surface area contributed by atoms with Gasteiger partial charge < -0.3 is 4.42 Å². The number of amides is 1. The standard InChI is InChI=1S/C19H16Cl2N4O4S/c20-14-9-13(10-15(21)11-14)18-23-24-19(29-18)22-17(26)12-3-5-16(6-4-12)30(27,28)25-7-1-2-8-25/h3-6,9-11H,1-2,7-8H2,(H,22,24,26). The van der Waals surface area contributed by atoms with E-state index in [2.05, 4.69) is 15.5 Å². The summed E-state index contributed by atoms with van der Waals surface area (Å²) < 4.78 is 32.0. The van der Waals surface area contributed by atoms with E-state index >= 15 is 0 Å². The molecule has 1 amide bonds. The van der Waals surface area contributed by atoms with Crippen molar-refractivity contribution in [2.45, 2.75) is 17.7 Å². The molecule has 0 aliphatic carbocycles. The number of halogens is 2. The number of anilines is 1. The first-order chi connectivity index (χ1) is 14.3. The number of hydrogen-bond acceptors (Lipinski definition) is 6. The first-order valence-corrected chi connectivity index (χ1v) is 11.2. The molecule has 2 heterocycles. The van der Waals surface area contributed by atoms with Crippen molar-refractivity contribution < 1.29 is 17.6 Å². The second kappa shape index (κ2) is 8.35. The maximum absolute atomic E-state index is 12.6. The molecule has 11 heteroatoms. The third-order valence-corrected chi connectivity index (χ3v) is 6.92. The Hall–Kier alpha value is -2.46. The van der Waals surface area contributed by atoms with Gasteiger partial charge in [-0.1, -0.05) is 28.3 Å². The number of benzene rings is 2. The van der Waals surface area contributed by atoms with Gasteiger partial charge in [-0.3, -0.25) is 10.1 Å². The molecular formula is C19H16Cl2N4O4S. The van der Waals surface area contributed by atoms with Crippen molar-refractivity contribution in [2.75, 3.05) is 18.4 Å². The molecule has 1 fully saturated rings. The van der Waals surface area contributed by atoms with Gasteiger partial charge in [-0.2, -0.15) is 4.31 Å². The van der Waals surface area contributed by atoms with E-state index in [1.54, 1.807) is 18.2 Å². The first-order valence-electron chi connectivity index (χ1n) is 9.04. The summed E-state index contributed by atoms with van der Waals surface area (Å²) in [5, 5.41) is 11.0. The highest BCUT2D eigenvalue weighted by molar-refractivity contribution is 7.89. The van der Waals surface area contributed by atoms with Gasteiger partial charge in [0.25, 0.3) is 5.91 Å². The van der Waals surface area contributed by atoms with E-state index in [0.29, 0.717) is 28.7 Å². The topological polar surface area (TPSA) is 105 Å². The largest absolute Gasteiger partial charge is 0.403 e. The lowest BCUT2D eigenvalue weighted by molar-refractivity contribution is 0.102.